The maximum Gasteiger partial charge on any atom is 0.210 e. The summed E-state index contributed by atoms with van der Waals surface area (Å²) in [7, 11) is 0. The number of hydrogen-bond acceptors (Lipinski definition) is 5. The van der Waals surface area contributed by atoms with Crippen LogP contribution in [0.15, 0.2) is 53.7 Å². The molecule has 2 N–H and O–H groups in total. The molecule has 0 saturated heterocycles. The predicted octanol–water partition coefficient (Wildman–Crippen LogP) is 4.56. The van der Waals surface area contributed by atoms with Gasteiger partial charge in [-0.2, -0.15) is 0 Å². The molecule has 0 bridgehead atoms. The molecule has 0 saturated carbocycles. The van der Waals surface area contributed by atoms with Crippen LogP contribution in [0.25, 0.3) is 11.4 Å². The number of ether oxygens (including phenoxy) is 1. The van der Waals surface area contributed by atoms with Gasteiger partial charge >= 0.3 is 0 Å². The second-order valence-corrected chi connectivity index (χ2v) is 7.13. The Bertz CT molecular complexity index is 851. The third-order valence-corrected chi connectivity index (χ3v) is 5.15. The fraction of sp³-hybridized carbons (Fsp3) is 0.222. The van der Waals surface area contributed by atoms with E-state index in [-0.39, 0.29) is 5.25 Å². The topological polar surface area (TPSA) is 66.0 Å². The Morgan fingerprint density at radius 3 is 2.56 bits per heavy atom. The van der Waals surface area contributed by atoms with Crippen molar-refractivity contribution in [2.45, 2.75) is 24.3 Å². The van der Waals surface area contributed by atoms with Crippen molar-refractivity contribution in [1.29, 1.82) is 0 Å². The monoisotopic (exact) mass is 374 g/mol. The Morgan fingerprint density at radius 1 is 1.16 bits per heavy atom. The third kappa shape index (κ3) is 3.91. The van der Waals surface area contributed by atoms with E-state index >= 15 is 0 Å². The largest absolute Gasteiger partial charge is 0.494 e. The van der Waals surface area contributed by atoms with Gasteiger partial charge < -0.3 is 10.6 Å². The van der Waals surface area contributed by atoms with Crippen molar-refractivity contribution in [1.82, 2.24) is 14.9 Å². The molecule has 5 nitrogen and oxygen atoms in total. The molecule has 25 heavy (non-hydrogen) atoms. The average Bonchev–Trinajstić information content (AvgIpc) is 2.97. The number of halogens is 1. The van der Waals surface area contributed by atoms with E-state index in [9.17, 15) is 0 Å². The lowest BCUT2D eigenvalue weighted by Crippen LogP contribution is -2.12. The van der Waals surface area contributed by atoms with Gasteiger partial charge in [0.1, 0.15) is 5.75 Å². The highest BCUT2D eigenvalue weighted by Crippen LogP contribution is 2.37. The molecule has 1 heterocycles. The van der Waals surface area contributed by atoms with Gasteiger partial charge in [-0.25, -0.2) is 4.68 Å². The Hall–Kier alpha value is -2.18. The second kappa shape index (κ2) is 7.80. The van der Waals surface area contributed by atoms with E-state index in [1.807, 2.05) is 55.5 Å². The molecule has 1 atom stereocenters. The zero-order valence-corrected chi connectivity index (χ0v) is 15.6. The van der Waals surface area contributed by atoms with Gasteiger partial charge in [-0.1, -0.05) is 41.6 Å². The number of thioether (sulfide) groups is 1. The van der Waals surface area contributed by atoms with Crippen molar-refractivity contribution in [3.63, 3.8) is 0 Å². The number of nitrogen functional groups attached to an aromatic ring is 1. The van der Waals surface area contributed by atoms with Crippen LogP contribution in [0, 0.1) is 0 Å². The van der Waals surface area contributed by atoms with Crippen molar-refractivity contribution in [2.24, 2.45) is 0 Å². The van der Waals surface area contributed by atoms with Gasteiger partial charge in [0.15, 0.2) is 5.82 Å². The molecule has 3 aromatic rings. The number of nitrogens with two attached hydrogens (primary N) is 1. The fourth-order valence-electron chi connectivity index (χ4n) is 2.45. The summed E-state index contributed by atoms with van der Waals surface area (Å²) in [5.74, 6) is 7.63. The lowest BCUT2D eigenvalue weighted by molar-refractivity contribution is 0.340. The molecular weight excluding hydrogens is 356 g/mol. The summed E-state index contributed by atoms with van der Waals surface area (Å²) in [6.45, 7) is 4.65. The lowest BCUT2D eigenvalue weighted by atomic mass is 10.2. The van der Waals surface area contributed by atoms with Gasteiger partial charge in [-0.3, -0.25) is 0 Å². The van der Waals surface area contributed by atoms with Crippen molar-refractivity contribution < 1.29 is 4.74 Å². The average molecular weight is 375 g/mol. The fourth-order valence-corrected chi connectivity index (χ4v) is 3.75. The second-order valence-electron chi connectivity index (χ2n) is 5.42. The van der Waals surface area contributed by atoms with Gasteiger partial charge in [0.2, 0.25) is 5.16 Å². The van der Waals surface area contributed by atoms with Crippen molar-refractivity contribution in [3.8, 4) is 17.1 Å². The molecule has 0 aliphatic heterocycles. The molecule has 1 aromatic heterocycles. The minimum absolute atomic E-state index is 0.105. The van der Waals surface area contributed by atoms with E-state index in [4.69, 9.17) is 22.2 Å². The van der Waals surface area contributed by atoms with E-state index in [1.165, 1.54) is 16.4 Å². The van der Waals surface area contributed by atoms with E-state index < -0.39 is 0 Å². The van der Waals surface area contributed by atoms with Crippen LogP contribution in [0.2, 0.25) is 5.02 Å². The maximum absolute atomic E-state index is 6.27. The van der Waals surface area contributed by atoms with Crippen LogP contribution in [-0.4, -0.2) is 21.5 Å². The minimum atomic E-state index is 0.105. The van der Waals surface area contributed by atoms with Gasteiger partial charge in [-0.05, 0) is 49.7 Å². The highest BCUT2D eigenvalue weighted by atomic mass is 35.5. The summed E-state index contributed by atoms with van der Waals surface area (Å²) in [5, 5.41) is 9.92. The van der Waals surface area contributed by atoms with Crippen LogP contribution < -0.4 is 10.6 Å². The molecule has 3 rings (SSSR count). The highest BCUT2D eigenvalue weighted by molar-refractivity contribution is 7.99. The maximum atomic E-state index is 6.27. The first-order chi connectivity index (χ1) is 12.1. The Kier molecular flexibility index (Phi) is 5.50. The summed E-state index contributed by atoms with van der Waals surface area (Å²) in [6.07, 6.45) is 0. The predicted molar refractivity (Wildman–Crippen MR) is 103 cm³/mol. The van der Waals surface area contributed by atoms with Crippen molar-refractivity contribution >= 4 is 23.4 Å². The van der Waals surface area contributed by atoms with Gasteiger partial charge in [-0.15, -0.1) is 10.2 Å². The van der Waals surface area contributed by atoms with Gasteiger partial charge in [0.25, 0.3) is 0 Å². The Morgan fingerprint density at radius 2 is 1.88 bits per heavy atom. The van der Waals surface area contributed by atoms with E-state index in [2.05, 4.69) is 17.1 Å². The molecule has 0 unspecified atom stereocenters. The first-order valence-corrected chi connectivity index (χ1v) is 9.20. The lowest BCUT2D eigenvalue weighted by Gasteiger charge is -2.12. The Balaban J connectivity index is 1.80. The van der Waals surface area contributed by atoms with Crippen LogP contribution in [-0.2, 0) is 0 Å². The molecule has 7 heteroatoms. The smallest absolute Gasteiger partial charge is 0.210 e. The molecule has 0 spiro atoms. The van der Waals surface area contributed by atoms with Crippen molar-refractivity contribution in [2.75, 3.05) is 12.4 Å². The molecule has 0 fully saturated rings. The van der Waals surface area contributed by atoms with Crippen LogP contribution in [0.4, 0.5) is 0 Å². The summed E-state index contributed by atoms with van der Waals surface area (Å²) in [4.78, 5) is 0. The zero-order chi connectivity index (χ0) is 17.8. The molecular formula is C18H19ClN4OS. The zero-order valence-electron chi connectivity index (χ0n) is 14.0. The molecule has 0 radical (unpaired) electrons. The summed E-state index contributed by atoms with van der Waals surface area (Å²) < 4.78 is 6.96. The quantitative estimate of drug-likeness (QED) is 0.506. The van der Waals surface area contributed by atoms with Crippen LogP contribution >= 0.6 is 23.4 Å². The normalized spacial score (nSPS) is 12.1. The van der Waals surface area contributed by atoms with E-state index in [1.54, 1.807) is 0 Å². The summed E-state index contributed by atoms with van der Waals surface area (Å²) >= 11 is 7.79. The van der Waals surface area contributed by atoms with Crippen LogP contribution in [0.3, 0.4) is 0 Å². The van der Waals surface area contributed by atoms with Crippen molar-refractivity contribution in [3.05, 3.63) is 59.1 Å². The highest BCUT2D eigenvalue weighted by Gasteiger charge is 2.17. The summed E-state index contributed by atoms with van der Waals surface area (Å²) in [6, 6.07) is 15.4. The minimum Gasteiger partial charge on any atom is -0.494 e. The van der Waals surface area contributed by atoms with Crippen LogP contribution in [0.5, 0.6) is 5.75 Å². The SMILES string of the molecule is CCOc1ccc(-c2nnc(S[C@@H](C)c3ccccc3Cl)n2N)cc1. The van der Waals surface area contributed by atoms with Gasteiger partial charge in [0.05, 0.1) is 6.61 Å². The molecule has 2 aromatic carbocycles. The number of rotatable bonds is 6. The Labute approximate surface area is 156 Å². The van der Waals surface area contributed by atoms with E-state index in [0.717, 1.165) is 21.9 Å². The summed E-state index contributed by atoms with van der Waals surface area (Å²) in [5.41, 5.74) is 1.93. The standard InChI is InChI=1S/C18H19ClN4OS/c1-3-24-14-10-8-13(9-11-14)17-21-22-18(23(17)20)25-12(2)15-6-4-5-7-16(15)19/h4-12H,3,20H2,1-2H3/t12-/m0/s1. The number of nitrogens with zero attached hydrogens (tertiary/aromatic N) is 3. The third-order valence-electron chi connectivity index (χ3n) is 3.71. The van der Waals surface area contributed by atoms with Gasteiger partial charge in [0, 0.05) is 15.8 Å². The molecule has 0 aliphatic carbocycles. The first kappa shape index (κ1) is 17.6. The molecule has 0 amide bonds. The first-order valence-electron chi connectivity index (χ1n) is 7.95. The molecule has 130 valence electrons. The van der Waals surface area contributed by atoms with Crippen LogP contribution in [0.1, 0.15) is 24.7 Å². The number of aromatic nitrogens is 3. The number of benzene rings is 2. The number of hydrogen-bond donors (Lipinski definition) is 1. The molecule has 0 aliphatic rings. The van der Waals surface area contributed by atoms with E-state index in [0.29, 0.717) is 17.6 Å².